The Labute approximate surface area is 156 Å². The van der Waals surface area contributed by atoms with Crippen molar-refractivity contribution < 1.29 is 4.21 Å². The molecule has 2 aliphatic rings. The average Bonchev–Trinajstić information content (AvgIpc) is 2.67. The second kappa shape index (κ2) is 8.64. The SMILES string of the molecule is CC(=C1CCN(C2CCCCC2)CC1)c1ccc(S(=O)C(C)C)cc1. The second-order valence-corrected chi connectivity index (χ2v) is 9.94. The molecule has 3 heteroatoms. The molecule has 1 atom stereocenters. The topological polar surface area (TPSA) is 20.3 Å². The van der Waals surface area contributed by atoms with E-state index in [1.807, 2.05) is 26.0 Å². The Bertz CT molecular complexity index is 616. The predicted molar refractivity (Wildman–Crippen MR) is 108 cm³/mol. The summed E-state index contributed by atoms with van der Waals surface area (Å²) in [7, 11) is -0.892. The lowest BCUT2D eigenvalue weighted by molar-refractivity contribution is 0.146. The molecule has 1 heterocycles. The summed E-state index contributed by atoms with van der Waals surface area (Å²) < 4.78 is 12.2. The van der Waals surface area contributed by atoms with Gasteiger partial charge >= 0.3 is 0 Å². The van der Waals surface area contributed by atoms with Gasteiger partial charge < -0.3 is 0 Å². The Kier molecular flexibility index (Phi) is 6.51. The Morgan fingerprint density at radius 3 is 2.20 bits per heavy atom. The lowest BCUT2D eigenvalue weighted by Gasteiger charge is -2.38. The standard InChI is InChI=1S/C22H33NOS/c1-17(2)25(24)22-11-9-19(10-12-22)18(3)20-13-15-23(16-14-20)21-7-5-4-6-8-21/h9-12,17,21H,4-8,13-16H2,1-3H3. The van der Waals surface area contributed by atoms with Crippen molar-refractivity contribution in [3.8, 4) is 0 Å². The highest BCUT2D eigenvalue weighted by atomic mass is 32.2. The molecule has 3 rings (SSSR count). The minimum atomic E-state index is -0.892. The van der Waals surface area contributed by atoms with Crippen LogP contribution in [-0.4, -0.2) is 33.5 Å². The number of nitrogens with zero attached hydrogens (tertiary/aromatic N) is 1. The van der Waals surface area contributed by atoms with E-state index < -0.39 is 10.8 Å². The van der Waals surface area contributed by atoms with Crippen LogP contribution in [0.2, 0.25) is 0 Å². The molecule has 0 radical (unpaired) electrons. The summed E-state index contributed by atoms with van der Waals surface area (Å²) in [5.41, 5.74) is 4.35. The molecule has 138 valence electrons. The van der Waals surface area contributed by atoms with Gasteiger partial charge in [-0.05, 0) is 55.9 Å². The molecule has 1 saturated carbocycles. The summed E-state index contributed by atoms with van der Waals surface area (Å²) in [6.07, 6.45) is 9.52. The fourth-order valence-electron chi connectivity index (χ4n) is 4.30. The van der Waals surface area contributed by atoms with Gasteiger partial charge in [0.15, 0.2) is 0 Å². The van der Waals surface area contributed by atoms with Crippen LogP contribution < -0.4 is 0 Å². The number of benzene rings is 1. The van der Waals surface area contributed by atoms with Gasteiger partial charge in [-0.25, -0.2) is 0 Å². The zero-order valence-electron chi connectivity index (χ0n) is 16.1. The van der Waals surface area contributed by atoms with Crippen LogP contribution in [0.3, 0.4) is 0 Å². The first-order chi connectivity index (χ1) is 12.1. The highest BCUT2D eigenvalue weighted by molar-refractivity contribution is 7.85. The molecule has 1 saturated heterocycles. The molecule has 0 aromatic heterocycles. The largest absolute Gasteiger partial charge is 0.300 e. The van der Waals surface area contributed by atoms with Gasteiger partial charge in [-0.2, -0.15) is 0 Å². The molecular formula is C22H33NOS. The van der Waals surface area contributed by atoms with E-state index in [1.165, 1.54) is 69.2 Å². The Balaban J connectivity index is 1.64. The number of likely N-dealkylation sites (tertiary alicyclic amines) is 1. The van der Waals surface area contributed by atoms with Crippen molar-refractivity contribution >= 4 is 16.4 Å². The van der Waals surface area contributed by atoms with Crippen molar-refractivity contribution in [2.75, 3.05) is 13.1 Å². The van der Waals surface area contributed by atoms with Crippen molar-refractivity contribution in [3.63, 3.8) is 0 Å². The summed E-state index contributed by atoms with van der Waals surface area (Å²) in [6.45, 7) is 8.74. The molecule has 1 aromatic rings. The van der Waals surface area contributed by atoms with Crippen LogP contribution in [0.25, 0.3) is 5.57 Å². The van der Waals surface area contributed by atoms with Crippen molar-refractivity contribution in [3.05, 3.63) is 35.4 Å². The number of allylic oxidation sites excluding steroid dienone is 1. The fourth-order valence-corrected chi connectivity index (χ4v) is 5.24. The second-order valence-electron chi connectivity index (χ2n) is 7.93. The summed E-state index contributed by atoms with van der Waals surface area (Å²) in [6, 6.07) is 9.26. The van der Waals surface area contributed by atoms with Gasteiger partial charge in [-0.3, -0.25) is 9.11 Å². The van der Waals surface area contributed by atoms with Gasteiger partial charge in [0, 0.05) is 29.3 Å². The highest BCUT2D eigenvalue weighted by Gasteiger charge is 2.24. The summed E-state index contributed by atoms with van der Waals surface area (Å²) >= 11 is 0. The molecule has 0 amide bonds. The van der Waals surface area contributed by atoms with Gasteiger partial charge in [-0.1, -0.05) is 50.8 Å². The van der Waals surface area contributed by atoms with Gasteiger partial charge in [0.1, 0.15) is 0 Å². The number of piperidine rings is 1. The van der Waals surface area contributed by atoms with E-state index in [-0.39, 0.29) is 5.25 Å². The molecular weight excluding hydrogens is 326 g/mol. The van der Waals surface area contributed by atoms with E-state index in [0.717, 1.165) is 10.9 Å². The number of hydrogen-bond acceptors (Lipinski definition) is 2. The third kappa shape index (κ3) is 4.62. The van der Waals surface area contributed by atoms with E-state index >= 15 is 0 Å². The van der Waals surface area contributed by atoms with Crippen molar-refractivity contribution in [1.82, 2.24) is 4.90 Å². The Morgan fingerprint density at radius 1 is 1.04 bits per heavy atom. The van der Waals surface area contributed by atoms with E-state index in [4.69, 9.17) is 0 Å². The fraction of sp³-hybridized carbons (Fsp3) is 0.636. The lowest BCUT2D eigenvalue weighted by atomic mass is 9.90. The average molecular weight is 360 g/mol. The smallest absolute Gasteiger partial charge is 0.0555 e. The number of rotatable bonds is 4. The maximum absolute atomic E-state index is 12.2. The van der Waals surface area contributed by atoms with Gasteiger partial charge in [0.05, 0.1) is 10.8 Å². The minimum Gasteiger partial charge on any atom is -0.300 e. The summed E-state index contributed by atoms with van der Waals surface area (Å²) in [5.74, 6) is 0. The molecule has 0 spiro atoms. The van der Waals surface area contributed by atoms with Crippen LogP contribution in [0.5, 0.6) is 0 Å². The van der Waals surface area contributed by atoms with E-state index in [9.17, 15) is 4.21 Å². The van der Waals surface area contributed by atoms with Crippen molar-refractivity contribution in [1.29, 1.82) is 0 Å². The third-order valence-electron chi connectivity index (χ3n) is 5.97. The monoisotopic (exact) mass is 359 g/mol. The molecule has 1 unspecified atom stereocenters. The predicted octanol–water partition coefficient (Wildman–Crippen LogP) is 5.40. The van der Waals surface area contributed by atoms with Crippen LogP contribution in [0.1, 0.15) is 71.3 Å². The van der Waals surface area contributed by atoms with Crippen LogP contribution in [0.4, 0.5) is 0 Å². The molecule has 0 N–H and O–H groups in total. The van der Waals surface area contributed by atoms with Crippen molar-refractivity contribution in [2.45, 2.75) is 81.9 Å². The normalized spacial score (nSPS) is 21.5. The lowest BCUT2D eigenvalue weighted by Crippen LogP contribution is -2.40. The summed E-state index contributed by atoms with van der Waals surface area (Å²) in [4.78, 5) is 3.69. The number of hydrogen-bond donors (Lipinski definition) is 0. The highest BCUT2D eigenvalue weighted by Crippen LogP contribution is 2.30. The van der Waals surface area contributed by atoms with Crippen LogP contribution >= 0.6 is 0 Å². The van der Waals surface area contributed by atoms with Crippen molar-refractivity contribution in [2.24, 2.45) is 0 Å². The zero-order chi connectivity index (χ0) is 17.8. The zero-order valence-corrected chi connectivity index (χ0v) is 16.9. The van der Waals surface area contributed by atoms with Gasteiger partial charge in [-0.15, -0.1) is 0 Å². The third-order valence-corrected chi connectivity index (χ3v) is 7.56. The first kappa shape index (κ1) is 18.8. The molecule has 2 nitrogen and oxygen atoms in total. The summed E-state index contributed by atoms with van der Waals surface area (Å²) in [5, 5.41) is 0.175. The molecule has 1 aliphatic carbocycles. The quantitative estimate of drug-likeness (QED) is 0.717. The van der Waals surface area contributed by atoms with E-state index in [1.54, 1.807) is 5.57 Å². The molecule has 1 aromatic carbocycles. The van der Waals surface area contributed by atoms with Crippen LogP contribution in [-0.2, 0) is 10.8 Å². The minimum absolute atomic E-state index is 0.175. The first-order valence-corrected chi connectivity index (χ1v) is 11.2. The van der Waals surface area contributed by atoms with E-state index in [0.29, 0.717) is 0 Å². The molecule has 1 aliphatic heterocycles. The van der Waals surface area contributed by atoms with Gasteiger partial charge in [0.25, 0.3) is 0 Å². The van der Waals surface area contributed by atoms with E-state index in [2.05, 4.69) is 24.0 Å². The molecule has 25 heavy (non-hydrogen) atoms. The maximum atomic E-state index is 12.2. The first-order valence-electron chi connectivity index (χ1n) is 10.00. The Morgan fingerprint density at radius 2 is 1.64 bits per heavy atom. The molecule has 2 fully saturated rings. The molecule has 0 bridgehead atoms. The maximum Gasteiger partial charge on any atom is 0.0555 e. The van der Waals surface area contributed by atoms with Crippen LogP contribution in [0, 0.1) is 0 Å². The Hall–Kier alpha value is -0.930. The van der Waals surface area contributed by atoms with Crippen LogP contribution in [0.15, 0.2) is 34.7 Å². The van der Waals surface area contributed by atoms with Gasteiger partial charge in [0.2, 0.25) is 0 Å².